The highest BCUT2D eigenvalue weighted by atomic mass is 35.5. The molecule has 4 heteroatoms. The molecule has 0 saturated carbocycles. The molecule has 144 valence electrons. The van der Waals surface area contributed by atoms with E-state index >= 15 is 0 Å². The van der Waals surface area contributed by atoms with Crippen LogP contribution in [0.4, 0.5) is 0 Å². The Balaban J connectivity index is 1.80. The van der Waals surface area contributed by atoms with Crippen LogP contribution < -0.4 is 0 Å². The Morgan fingerprint density at radius 1 is 0.966 bits per heavy atom. The Kier molecular flexibility index (Phi) is 4.40. The van der Waals surface area contributed by atoms with Crippen molar-refractivity contribution in [2.24, 2.45) is 0 Å². The number of aromatic nitrogens is 1. The van der Waals surface area contributed by atoms with Crippen molar-refractivity contribution < 1.29 is 4.79 Å². The molecule has 1 aliphatic rings. The molecule has 1 unspecified atom stereocenters. The number of carbonyl (C=O) groups is 1. The maximum absolute atomic E-state index is 13.2. The number of aromatic amines is 1. The molecule has 0 fully saturated rings. The molecule has 0 saturated heterocycles. The Hall–Kier alpha value is -3.04. The maximum atomic E-state index is 13.2. The van der Waals surface area contributed by atoms with Crippen LogP contribution in [0.1, 0.15) is 40.9 Å². The predicted octanol–water partition coefficient (Wildman–Crippen LogP) is 6.44. The third-order valence-electron chi connectivity index (χ3n) is 5.68. The fourth-order valence-electron chi connectivity index (χ4n) is 4.44. The topological polar surface area (TPSA) is 36.1 Å². The molecule has 29 heavy (non-hydrogen) atoms. The van der Waals surface area contributed by atoms with E-state index in [1.54, 1.807) is 0 Å². The van der Waals surface area contributed by atoms with E-state index in [2.05, 4.69) is 36.2 Å². The van der Waals surface area contributed by atoms with Crippen LogP contribution >= 0.6 is 11.6 Å². The standard InChI is InChI=1S/C25H21ClN2O/c1-2-15-28-24(18-7-3-4-8-19(18)25(28)29)22-20-9-5-6-10-21(20)27-23(22)16-11-13-17(26)14-12-16/h3-14,24,27H,2,15H2,1H3. The van der Waals surface area contributed by atoms with E-state index in [9.17, 15) is 4.79 Å². The molecule has 1 aromatic heterocycles. The molecule has 1 N–H and O–H groups in total. The molecule has 4 aromatic rings. The van der Waals surface area contributed by atoms with Gasteiger partial charge in [0.15, 0.2) is 0 Å². The van der Waals surface area contributed by atoms with Gasteiger partial charge in [-0.25, -0.2) is 0 Å². The zero-order valence-corrected chi connectivity index (χ0v) is 16.9. The van der Waals surface area contributed by atoms with Gasteiger partial charge < -0.3 is 9.88 Å². The summed E-state index contributed by atoms with van der Waals surface area (Å²) in [5.41, 5.74) is 6.20. The number of fused-ring (bicyclic) bond motifs is 2. The summed E-state index contributed by atoms with van der Waals surface area (Å²) >= 11 is 6.13. The maximum Gasteiger partial charge on any atom is 0.255 e. The molecule has 1 atom stereocenters. The summed E-state index contributed by atoms with van der Waals surface area (Å²) in [6, 6.07) is 24.1. The molecule has 0 spiro atoms. The summed E-state index contributed by atoms with van der Waals surface area (Å²) in [6.45, 7) is 2.83. The molecular formula is C25H21ClN2O. The van der Waals surface area contributed by atoms with E-state index in [1.807, 2.05) is 53.4 Å². The second-order valence-electron chi connectivity index (χ2n) is 7.45. The molecular weight excluding hydrogens is 380 g/mol. The fourth-order valence-corrected chi connectivity index (χ4v) is 4.57. The number of halogens is 1. The number of rotatable bonds is 4. The van der Waals surface area contributed by atoms with Gasteiger partial charge in [0.2, 0.25) is 0 Å². The summed E-state index contributed by atoms with van der Waals surface area (Å²) in [4.78, 5) is 18.8. The lowest BCUT2D eigenvalue weighted by Gasteiger charge is -2.26. The molecule has 0 radical (unpaired) electrons. The number of hydrogen-bond donors (Lipinski definition) is 1. The van der Waals surface area contributed by atoms with Crippen LogP contribution in [0.2, 0.25) is 5.02 Å². The van der Waals surface area contributed by atoms with Gasteiger partial charge in [0, 0.05) is 33.6 Å². The van der Waals surface area contributed by atoms with E-state index in [0.717, 1.165) is 51.8 Å². The first-order valence-electron chi connectivity index (χ1n) is 9.95. The zero-order chi connectivity index (χ0) is 20.0. The van der Waals surface area contributed by atoms with E-state index in [0.29, 0.717) is 5.02 Å². The Labute approximate surface area is 174 Å². The average Bonchev–Trinajstić information content (AvgIpc) is 3.25. The van der Waals surface area contributed by atoms with Gasteiger partial charge in [-0.1, -0.05) is 67.1 Å². The number of para-hydroxylation sites is 1. The molecule has 2 heterocycles. The fraction of sp³-hybridized carbons (Fsp3) is 0.160. The highest BCUT2D eigenvalue weighted by Gasteiger charge is 2.39. The quantitative estimate of drug-likeness (QED) is 0.420. The second kappa shape index (κ2) is 7.09. The number of carbonyl (C=O) groups excluding carboxylic acids is 1. The molecule has 0 aliphatic carbocycles. The van der Waals surface area contributed by atoms with Crippen LogP contribution in [0.3, 0.4) is 0 Å². The minimum absolute atomic E-state index is 0.111. The Morgan fingerprint density at radius 2 is 1.69 bits per heavy atom. The zero-order valence-electron chi connectivity index (χ0n) is 16.2. The predicted molar refractivity (Wildman–Crippen MR) is 118 cm³/mol. The van der Waals surface area contributed by atoms with Crippen molar-refractivity contribution in [1.82, 2.24) is 9.88 Å². The van der Waals surface area contributed by atoms with Gasteiger partial charge in [0.1, 0.15) is 0 Å². The van der Waals surface area contributed by atoms with Crippen LogP contribution in [0.25, 0.3) is 22.2 Å². The van der Waals surface area contributed by atoms with Crippen molar-refractivity contribution in [2.75, 3.05) is 6.54 Å². The Bertz CT molecular complexity index is 1210. The van der Waals surface area contributed by atoms with Gasteiger partial charge in [-0.05, 0) is 41.8 Å². The van der Waals surface area contributed by atoms with Gasteiger partial charge in [0.25, 0.3) is 5.91 Å². The number of nitrogens with one attached hydrogen (secondary N) is 1. The number of benzene rings is 3. The van der Waals surface area contributed by atoms with Crippen molar-refractivity contribution in [2.45, 2.75) is 19.4 Å². The minimum atomic E-state index is -0.111. The molecule has 1 amide bonds. The highest BCUT2D eigenvalue weighted by molar-refractivity contribution is 6.30. The van der Waals surface area contributed by atoms with Crippen LogP contribution in [0.15, 0.2) is 72.8 Å². The summed E-state index contributed by atoms with van der Waals surface area (Å²) < 4.78 is 0. The van der Waals surface area contributed by atoms with E-state index in [4.69, 9.17) is 11.6 Å². The van der Waals surface area contributed by atoms with E-state index < -0.39 is 0 Å². The van der Waals surface area contributed by atoms with Gasteiger partial charge in [0.05, 0.1) is 11.7 Å². The van der Waals surface area contributed by atoms with Gasteiger partial charge >= 0.3 is 0 Å². The number of amides is 1. The summed E-state index contributed by atoms with van der Waals surface area (Å²) in [7, 11) is 0. The van der Waals surface area contributed by atoms with Crippen molar-refractivity contribution in [3.05, 3.63) is 94.5 Å². The first-order chi connectivity index (χ1) is 14.2. The van der Waals surface area contributed by atoms with Crippen molar-refractivity contribution in [3.63, 3.8) is 0 Å². The lowest BCUT2D eigenvalue weighted by molar-refractivity contribution is 0.0751. The molecule has 0 bridgehead atoms. The Morgan fingerprint density at radius 3 is 2.48 bits per heavy atom. The lowest BCUT2D eigenvalue weighted by Crippen LogP contribution is -2.29. The van der Waals surface area contributed by atoms with Crippen molar-refractivity contribution in [1.29, 1.82) is 0 Å². The van der Waals surface area contributed by atoms with E-state index in [-0.39, 0.29) is 11.9 Å². The largest absolute Gasteiger partial charge is 0.354 e. The third-order valence-corrected chi connectivity index (χ3v) is 5.93. The van der Waals surface area contributed by atoms with Gasteiger partial charge in [-0.15, -0.1) is 0 Å². The smallest absolute Gasteiger partial charge is 0.255 e. The first kappa shape index (κ1) is 18.0. The first-order valence-corrected chi connectivity index (χ1v) is 10.3. The van der Waals surface area contributed by atoms with Crippen molar-refractivity contribution >= 4 is 28.4 Å². The molecule has 3 nitrogen and oxygen atoms in total. The number of H-pyrrole nitrogens is 1. The summed E-state index contributed by atoms with van der Waals surface area (Å²) in [6.07, 6.45) is 0.912. The van der Waals surface area contributed by atoms with Gasteiger partial charge in [-0.2, -0.15) is 0 Å². The normalized spacial score (nSPS) is 15.9. The minimum Gasteiger partial charge on any atom is -0.354 e. The monoisotopic (exact) mass is 400 g/mol. The summed E-state index contributed by atoms with van der Waals surface area (Å²) in [5, 5.41) is 1.86. The highest BCUT2D eigenvalue weighted by Crippen LogP contribution is 2.45. The van der Waals surface area contributed by atoms with Crippen LogP contribution in [-0.4, -0.2) is 22.3 Å². The van der Waals surface area contributed by atoms with Crippen LogP contribution in [-0.2, 0) is 0 Å². The van der Waals surface area contributed by atoms with Crippen LogP contribution in [0.5, 0.6) is 0 Å². The van der Waals surface area contributed by atoms with Gasteiger partial charge in [-0.3, -0.25) is 4.79 Å². The average molecular weight is 401 g/mol. The van der Waals surface area contributed by atoms with Crippen molar-refractivity contribution in [3.8, 4) is 11.3 Å². The number of nitrogens with zero attached hydrogens (tertiary/aromatic N) is 1. The number of hydrogen-bond acceptors (Lipinski definition) is 1. The second-order valence-corrected chi connectivity index (χ2v) is 7.89. The molecule has 3 aromatic carbocycles. The third kappa shape index (κ3) is 2.85. The summed E-state index contributed by atoms with van der Waals surface area (Å²) in [5.74, 6) is 0.111. The lowest BCUT2D eigenvalue weighted by atomic mass is 9.93. The molecule has 1 aliphatic heterocycles. The molecule has 5 rings (SSSR count). The van der Waals surface area contributed by atoms with E-state index in [1.165, 1.54) is 0 Å². The van der Waals surface area contributed by atoms with Crippen LogP contribution in [0, 0.1) is 0 Å². The SMILES string of the molecule is CCCN1C(=O)c2ccccc2C1c1c(-c2ccc(Cl)cc2)[nH]c2ccccc12.